The van der Waals surface area contributed by atoms with E-state index in [9.17, 15) is 14.7 Å². The summed E-state index contributed by atoms with van der Waals surface area (Å²) in [5.41, 5.74) is 0.381. The van der Waals surface area contributed by atoms with Crippen LogP contribution in [-0.4, -0.2) is 23.0 Å². The molecule has 0 aliphatic carbocycles. The van der Waals surface area contributed by atoms with E-state index in [1.54, 1.807) is 30.3 Å². The van der Waals surface area contributed by atoms with Crippen molar-refractivity contribution in [1.82, 2.24) is 5.32 Å². The van der Waals surface area contributed by atoms with E-state index in [4.69, 9.17) is 0 Å². The Morgan fingerprint density at radius 3 is 2.50 bits per heavy atom. The number of benzene rings is 1. The highest BCUT2D eigenvalue weighted by Gasteiger charge is 2.18. The molecule has 4 nitrogen and oxygen atoms in total. The summed E-state index contributed by atoms with van der Waals surface area (Å²) in [6.45, 7) is 1.85. The minimum atomic E-state index is -1.46. The molecule has 0 saturated heterocycles. The van der Waals surface area contributed by atoms with E-state index >= 15 is 0 Å². The van der Waals surface area contributed by atoms with Gasteiger partial charge in [0, 0.05) is 12.0 Å². The fraction of sp³-hybridized carbons (Fsp3) is 0.333. The fourth-order valence-corrected chi connectivity index (χ4v) is 1.28. The second-order valence-corrected chi connectivity index (χ2v) is 3.45. The SMILES string of the molecule is CCCC(=O)NC(O)C(=O)c1ccccc1. The van der Waals surface area contributed by atoms with Crippen molar-refractivity contribution >= 4 is 11.7 Å². The summed E-state index contributed by atoms with van der Waals surface area (Å²) >= 11 is 0. The highest BCUT2D eigenvalue weighted by molar-refractivity contribution is 6.00. The molecule has 86 valence electrons. The molecular weight excluding hydrogens is 206 g/mol. The molecular formula is C12H15NO3. The van der Waals surface area contributed by atoms with Crippen molar-refractivity contribution in [3.8, 4) is 0 Å². The van der Waals surface area contributed by atoms with Gasteiger partial charge < -0.3 is 10.4 Å². The molecule has 1 atom stereocenters. The van der Waals surface area contributed by atoms with Crippen LogP contribution in [0.25, 0.3) is 0 Å². The van der Waals surface area contributed by atoms with Crippen LogP contribution in [0.2, 0.25) is 0 Å². The first-order chi connectivity index (χ1) is 7.65. The molecule has 2 N–H and O–H groups in total. The summed E-state index contributed by atoms with van der Waals surface area (Å²) in [6.07, 6.45) is -0.474. The largest absolute Gasteiger partial charge is 0.367 e. The van der Waals surface area contributed by atoms with E-state index in [-0.39, 0.29) is 5.91 Å². The molecule has 0 aliphatic rings. The van der Waals surface area contributed by atoms with Crippen LogP contribution in [0.3, 0.4) is 0 Å². The maximum absolute atomic E-state index is 11.6. The van der Waals surface area contributed by atoms with Gasteiger partial charge in [-0.15, -0.1) is 0 Å². The Morgan fingerprint density at radius 2 is 1.94 bits per heavy atom. The second kappa shape index (κ2) is 6.02. The Hall–Kier alpha value is -1.68. The lowest BCUT2D eigenvalue weighted by Gasteiger charge is -2.11. The number of carbonyl (C=O) groups excluding carboxylic acids is 2. The predicted molar refractivity (Wildman–Crippen MR) is 59.8 cm³/mol. The maximum atomic E-state index is 11.6. The number of hydrogen-bond acceptors (Lipinski definition) is 3. The summed E-state index contributed by atoms with van der Waals surface area (Å²) in [5, 5.41) is 11.7. The topological polar surface area (TPSA) is 66.4 Å². The van der Waals surface area contributed by atoms with Crippen LogP contribution < -0.4 is 5.32 Å². The van der Waals surface area contributed by atoms with E-state index in [1.165, 1.54) is 0 Å². The van der Waals surface area contributed by atoms with Crippen LogP contribution in [0.15, 0.2) is 30.3 Å². The zero-order valence-corrected chi connectivity index (χ0v) is 9.14. The van der Waals surface area contributed by atoms with Gasteiger partial charge in [0.15, 0.2) is 6.23 Å². The van der Waals surface area contributed by atoms with Gasteiger partial charge in [-0.3, -0.25) is 9.59 Å². The number of aliphatic hydroxyl groups excluding tert-OH is 1. The number of aliphatic hydroxyl groups is 1. The van der Waals surface area contributed by atoms with Gasteiger partial charge in [0.25, 0.3) is 0 Å². The van der Waals surface area contributed by atoms with E-state index < -0.39 is 12.0 Å². The van der Waals surface area contributed by atoms with Crippen LogP contribution in [0.4, 0.5) is 0 Å². The normalized spacial score (nSPS) is 11.9. The molecule has 16 heavy (non-hydrogen) atoms. The highest BCUT2D eigenvalue weighted by atomic mass is 16.3. The third-order valence-electron chi connectivity index (χ3n) is 2.08. The zero-order chi connectivity index (χ0) is 12.0. The summed E-state index contributed by atoms with van der Waals surface area (Å²) in [7, 11) is 0. The van der Waals surface area contributed by atoms with Crippen molar-refractivity contribution < 1.29 is 14.7 Å². The van der Waals surface area contributed by atoms with Gasteiger partial charge >= 0.3 is 0 Å². The summed E-state index contributed by atoms with van der Waals surface area (Å²) in [6, 6.07) is 8.37. The number of rotatable bonds is 5. The van der Waals surface area contributed by atoms with Crippen molar-refractivity contribution in [3.63, 3.8) is 0 Å². The van der Waals surface area contributed by atoms with Gasteiger partial charge in [0.2, 0.25) is 11.7 Å². The molecule has 0 spiro atoms. The zero-order valence-electron chi connectivity index (χ0n) is 9.14. The summed E-state index contributed by atoms with van der Waals surface area (Å²) in [4.78, 5) is 22.8. The van der Waals surface area contributed by atoms with E-state index in [1.807, 2.05) is 6.92 Å². The molecule has 1 rings (SSSR count). The summed E-state index contributed by atoms with van der Waals surface area (Å²) in [5.74, 6) is -0.815. The van der Waals surface area contributed by atoms with Crippen molar-refractivity contribution in [2.24, 2.45) is 0 Å². The lowest BCUT2D eigenvalue weighted by Crippen LogP contribution is -2.40. The molecule has 0 saturated carbocycles. The third-order valence-corrected chi connectivity index (χ3v) is 2.08. The van der Waals surface area contributed by atoms with Gasteiger partial charge in [0.05, 0.1) is 0 Å². The number of nitrogens with one attached hydrogen (secondary N) is 1. The minimum Gasteiger partial charge on any atom is -0.367 e. The van der Waals surface area contributed by atoms with Crippen LogP contribution in [0, 0.1) is 0 Å². The minimum absolute atomic E-state index is 0.305. The standard InChI is InChI=1S/C12H15NO3/c1-2-6-10(14)13-12(16)11(15)9-7-4-3-5-8-9/h3-5,7-8,12,16H,2,6H2,1H3,(H,13,14). The number of hydrogen-bond donors (Lipinski definition) is 2. The van der Waals surface area contributed by atoms with Crippen molar-refractivity contribution in [2.75, 3.05) is 0 Å². The number of amides is 1. The predicted octanol–water partition coefficient (Wildman–Crippen LogP) is 1.10. The molecule has 1 unspecified atom stereocenters. The van der Waals surface area contributed by atoms with E-state index in [0.717, 1.165) is 0 Å². The fourth-order valence-electron chi connectivity index (χ4n) is 1.28. The third kappa shape index (κ3) is 3.47. The first kappa shape index (κ1) is 12.4. The molecule has 0 aromatic heterocycles. The molecule has 0 bridgehead atoms. The molecule has 1 aromatic rings. The number of carbonyl (C=O) groups is 2. The first-order valence-corrected chi connectivity index (χ1v) is 5.22. The molecule has 1 amide bonds. The highest BCUT2D eigenvalue weighted by Crippen LogP contribution is 2.02. The molecule has 0 heterocycles. The lowest BCUT2D eigenvalue weighted by atomic mass is 10.1. The Balaban J connectivity index is 2.58. The Kier molecular flexibility index (Phi) is 4.66. The molecule has 4 heteroatoms. The van der Waals surface area contributed by atoms with Gasteiger partial charge in [-0.1, -0.05) is 37.3 Å². The van der Waals surface area contributed by atoms with Gasteiger partial charge in [-0.2, -0.15) is 0 Å². The monoisotopic (exact) mass is 221 g/mol. The number of ketones is 1. The smallest absolute Gasteiger partial charge is 0.222 e. The summed E-state index contributed by atoms with van der Waals surface area (Å²) < 4.78 is 0. The Labute approximate surface area is 94.3 Å². The van der Waals surface area contributed by atoms with Gasteiger partial charge in [-0.05, 0) is 6.42 Å². The van der Waals surface area contributed by atoms with Crippen molar-refractivity contribution in [3.05, 3.63) is 35.9 Å². The average Bonchev–Trinajstić information content (AvgIpc) is 2.29. The number of Topliss-reactive ketones (excluding diaryl/α,β-unsaturated/α-hetero) is 1. The van der Waals surface area contributed by atoms with Crippen molar-refractivity contribution in [1.29, 1.82) is 0 Å². The van der Waals surface area contributed by atoms with Crippen LogP contribution in [0.5, 0.6) is 0 Å². The van der Waals surface area contributed by atoms with E-state index in [0.29, 0.717) is 18.4 Å². The van der Waals surface area contributed by atoms with Gasteiger partial charge in [0.1, 0.15) is 0 Å². The maximum Gasteiger partial charge on any atom is 0.222 e. The first-order valence-electron chi connectivity index (χ1n) is 5.22. The van der Waals surface area contributed by atoms with Crippen LogP contribution >= 0.6 is 0 Å². The quantitative estimate of drug-likeness (QED) is 0.578. The second-order valence-electron chi connectivity index (χ2n) is 3.45. The molecule has 0 aliphatic heterocycles. The van der Waals surface area contributed by atoms with Crippen LogP contribution in [-0.2, 0) is 4.79 Å². The molecule has 0 radical (unpaired) electrons. The van der Waals surface area contributed by atoms with Crippen LogP contribution in [0.1, 0.15) is 30.1 Å². The Bertz CT molecular complexity index is 362. The van der Waals surface area contributed by atoms with Crippen molar-refractivity contribution in [2.45, 2.75) is 26.0 Å². The molecule has 1 aromatic carbocycles. The Morgan fingerprint density at radius 1 is 1.31 bits per heavy atom. The van der Waals surface area contributed by atoms with Gasteiger partial charge in [-0.25, -0.2) is 0 Å². The van der Waals surface area contributed by atoms with E-state index in [2.05, 4.69) is 5.32 Å². The average molecular weight is 221 g/mol. The lowest BCUT2D eigenvalue weighted by molar-refractivity contribution is -0.123. The molecule has 0 fully saturated rings.